The summed E-state index contributed by atoms with van der Waals surface area (Å²) >= 11 is 3.57. The topological polar surface area (TPSA) is 83.6 Å². The van der Waals surface area contributed by atoms with Gasteiger partial charge in [-0.25, -0.2) is 0 Å². The number of hydrogen-bond acceptors (Lipinski definition) is 4. The standard InChI is InChI=1S/C26H25BrN2O4/c1-32-24-12-18(11-21(27)25(24)33-16-17-7-3-2-4-8-17)14-28-23(26(30)31)13-19-15-29-22-10-6-5-9-20(19)22/h2-12,15,23,28-29H,13-14,16H2,1H3,(H,30,31)/t23-/m0/s1. The summed E-state index contributed by atoms with van der Waals surface area (Å²) in [5.74, 6) is 0.299. The van der Waals surface area contributed by atoms with Crippen LogP contribution in [-0.4, -0.2) is 29.2 Å². The smallest absolute Gasteiger partial charge is 0.321 e. The van der Waals surface area contributed by atoms with Crippen LogP contribution in [0.1, 0.15) is 16.7 Å². The zero-order valence-electron chi connectivity index (χ0n) is 18.2. The summed E-state index contributed by atoms with van der Waals surface area (Å²) in [6.07, 6.45) is 2.25. The lowest BCUT2D eigenvalue weighted by Gasteiger charge is -2.17. The van der Waals surface area contributed by atoms with Gasteiger partial charge >= 0.3 is 5.97 Å². The van der Waals surface area contributed by atoms with Gasteiger partial charge in [0.15, 0.2) is 11.5 Å². The van der Waals surface area contributed by atoms with Gasteiger partial charge in [0.05, 0.1) is 11.6 Å². The third kappa shape index (κ3) is 5.56. The zero-order valence-corrected chi connectivity index (χ0v) is 19.8. The van der Waals surface area contributed by atoms with Crippen molar-refractivity contribution < 1.29 is 19.4 Å². The number of benzene rings is 3. The summed E-state index contributed by atoms with van der Waals surface area (Å²) in [4.78, 5) is 15.1. The number of ether oxygens (including phenoxy) is 2. The minimum atomic E-state index is -0.894. The van der Waals surface area contributed by atoms with E-state index in [-0.39, 0.29) is 0 Å². The van der Waals surface area contributed by atoms with Crippen LogP contribution < -0.4 is 14.8 Å². The van der Waals surface area contributed by atoms with Crippen LogP contribution in [0.25, 0.3) is 10.9 Å². The first-order chi connectivity index (χ1) is 16.0. The molecule has 7 heteroatoms. The molecule has 0 spiro atoms. The summed E-state index contributed by atoms with van der Waals surface area (Å²) in [7, 11) is 1.59. The van der Waals surface area contributed by atoms with Crippen LogP contribution in [0.15, 0.2) is 77.4 Å². The number of rotatable bonds is 10. The van der Waals surface area contributed by atoms with Crippen molar-refractivity contribution in [1.29, 1.82) is 0 Å². The molecule has 4 rings (SSSR count). The fourth-order valence-corrected chi connectivity index (χ4v) is 4.36. The highest BCUT2D eigenvalue weighted by molar-refractivity contribution is 9.10. The van der Waals surface area contributed by atoms with Gasteiger partial charge in [-0.15, -0.1) is 0 Å². The molecule has 0 aliphatic heterocycles. The second kappa shape index (κ2) is 10.6. The van der Waals surface area contributed by atoms with Gasteiger partial charge in [0.1, 0.15) is 12.6 Å². The molecule has 4 aromatic rings. The number of para-hydroxylation sites is 1. The number of aromatic nitrogens is 1. The molecule has 170 valence electrons. The van der Waals surface area contributed by atoms with E-state index in [1.54, 1.807) is 7.11 Å². The van der Waals surface area contributed by atoms with Gasteiger partial charge in [-0.05, 0) is 50.8 Å². The molecular formula is C26H25BrN2O4. The lowest BCUT2D eigenvalue weighted by atomic mass is 10.0. The van der Waals surface area contributed by atoms with Gasteiger partial charge in [-0.1, -0.05) is 48.5 Å². The van der Waals surface area contributed by atoms with Crippen LogP contribution >= 0.6 is 15.9 Å². The van der Waals surface area contributed by atoms with Gasteiger partial charge in [0.2, 0.25) is 0 Å². The van der Waals surface area contributed by atoms with Crippen LogP contribution in [0.5, 0.6) is 11.5 Å². The molecule has 0 aliphatic rings. The second-order valence-corrected chi connectivity index (χ2v) is 8.57. The van der Waals surface area contributed by atoms with Gasteiger partial charge in [0.25, 0.3) is 0 Å². The van der Waals surface area contributed by atoms with E-state index in [4.69, 9.17) is 9.47 Å². The highest BCUT2D eigenvalue weighted by Crippen LogP contribution is 2.37. The molecular weight excluding hydrogens is 484 g/mol. The SMILES string of the molecule is COc1cc(CN[C@@H](Cc2c[nH]c3ccccc23)C(=O)O)cc(Br)c1OCc1ccccc1. The summed E-state index contributed by atoms with van der Waals surface area (Å²) in [6, 6.07) is 20.8. The van der Waals surface area contributed by atoms with Crippen molar-refractivity contribution in [1.82, 2.24) is 10.3 Å². The maximum Gasteiger partial charge on any atom is 0.321 e. The fraction of sp³-hybridized carbons (Fsp3) is 0.192. The third-order valence-corrected chi connectivity index (χ3v) is 6.05. The molecule has 1 atom stereocenters. The number of carboxylic acids is 1. The first-order valence-corrected chi connectivity index (χ1v) is 11.4. The molecule has 3 aromatic carbocycles. The number of methoxy groups -OCH3 is 1. The van der Waals surface area contributed by atoms with Crippen LogP contribution in [0.3, 0.4) is 0 Å². The van der Waals surface area contributed by atoms with Crippen LogP contribution in [-0.2, 0) is 24.4 Å². The Morgan fingerprint density at radius 3 is 2.61 bits per heavy atom. The number of fused-ring (bicyclic) bond motifs is 1. The molecule has 0 amide bonds. The Labute approximate surface area is 200 Å². The largest absolute Gasteiger partial charge is 0.493 e. The molecule has 3 N–H and O–H groups in total. The number of aliphatic carboxylic acids is 1. The van der Waals surface area contributed by atoms with Crippen molar-refractivity contribution in [3.63, 3.8) is 0 Å². The van der Waals surface area contributed by atoms with E-state index in [0.29, 0.717) is 31.1 Å². The molecule has 1 aromatic heterocycles. The lowest BCUT2D eigenvalue weighted by molar-refractivity contribution is -0.139. The number of carbonyl (C=O) groups is 1. The number of carboxylic acid groups (broad SMARTS) is 1. The Hall–Kier alpha value is -3.29. The average Bonchev–Trinajstić information content (AvgIpc) is 3.24. The average molecular weight is 509 g/mol. The van der Waals surface area contributed by atoms with E-state index < -0.39 is 12.0 Å². The van der Waals surface area contributed by atoms with Crippen molar-refractivity contribution in [3.05, 3.63) is 94.1 Å². The van der Waals surface area contributed by atoms with E-state index in [9.17, 15) is 9.90 Å². The third-order valence-electron chi connectivity index (χ3n) is 5.46. The van der Waals surface area contributed by atoms with Crippen molar-refractivity contribution in [3.8, 4) is 11.5 Å². The Kier molecular flexibility index (Phi) is 7.32. The normalized spacial score (nSPS) is 11.9. The maximum absolute atomic E-state index is 11.9. The fourth-order valence-electron chi connectivity index (χ4n) is 3.75. The minimum absolute atomic E-state index is 0.368. The molecule has 0 radical (unpaired) electrons. The van der Waals surface area contributed by atoms with E-state index >= 15 is 0 Å². The Balaban J connectivity index is 1.45. The van der Waals surface area contributed by atoms with Gasteiger partial charge in [0, 0.05) is 30.1 Å². The number of halogens is 1. The Morgan fingerprint density at radius 1 is 1.09 bits per heavy atom. The van der Waals surface area contributed by atoms with Gasteiger partial charge in [-0.3, -0.25) is 4.79 Å². The first kappa shape index (κ1) is 22.9. The number of aromatic amines is 1. The van der Waals surface area contributed by atoms with E-state index in [1.165, 1.54) is 0 Å². The van der Waals surface area contributed by atoms with Gasteiger partial charge < -0.3 is 24.9 Å². The molecule has 0 unspecified atom stereocenters. The Morgan fingerprint density at radius 2 is 1.85 bits per heavy atom. The lowest BCUT2D eigenvalue weighted by Crippen LogP contribution is -2.38. The Bertz CT molecular complexity index is 1240. The first-order valence-electron chi connectivity index (χ1n) is 10.6. The molecule has 1 heterocycles. The molecule has 6 nitrogen and oxygen atoms in total. The quantitative estimate of drug-likeness (QED) is 0.270. The molecule has 0 saturated heterocycles. The van der Waals surface area contributed by atoms with Crippen molar-refractivity contribution in [2.75, 3.05) is 7.11 Å². The van der Waals surface area contributed by atoms with Crippen LogP contribution in [0.2, 0.25) is 0 Å². The number of H-pyrrole nitrogens is 1. The summed E-state index contributed by atoms with van der Waals surface area (Å²) in [6.45, 7) is 0.784. The molecule has 33 heavy (non-hydrogen) atoms. The number of nitrogens with one attached hydrogen (secondary N) is 2. The molecule has 0 aliphatic carbocycles. The maximum atomic E-state index is 11.9. The van der Waals surface area contributed by atoms with Crippen molar-refractivity contribution in [2.45, 2.75) is 25.6 Å². The molecule has 0 bridgehead atoms. The van der Waals surface area contributed by atoms with Crippen LogP contribution in [0, 0.1) is 0 Å². The van der Waals surface area contributed by atoms with E-state index in [1.807, 2.05) is 72.9 Å². The highest BCUT2D eigenvalue weighted by Gasteiger charge is 2.20. The van der Waals surface area contributed by atoms with E-state index in [0.717, 1.165) is 32.1 Å². The molecule has 0 fully saturated rings. The van der Waals surface area contributed by atoms with Crippen molar-refractivity contribution in [2.24, 2.45) is 0 Å². The van der Waals surface area contributed by atoms with Gasteiger partial charge in [-0.2, -0.15) is 0 Å². The zero-order chi connectivity index (χ0) is 23.2. The van der Waals surface area contributed by atoms with Crippen LogP contribution in [0.4, 0.5) is 0 Å². The molecule has 0 saturated carbocycles. The number of hydrogen-bond donors (Lipinski definition) is 3. The monoisotopic (exact) mass is 508 g/mol. The predicted octanol–water partition coefficient (Wildman–Crippen LogP) is 5.30. The summed E-state index contributed by atoms with van der Waals surface area (Å²) in [5.41, 5.74) is 3.90. The second-order valence-electron chi connectivity index (χ2n) is 7.72. The highest BCUT2D eigenvalue weighted by atomic mass is 79.9. The summed E-state index contributed by atoms with van der Waals surface area (Å²) < 4.78 is 12.3. The minimum Gasteiger partial charge on any atom is -0.493 e. The summed E-state index contributed by atoms with van der Waals surface area (Å²) in [5, 5.41) is 14.0. The van der Waals surface area contributed by atoms with E-state index in [2.05, 4.69) is 26.2 Å². The van der Waals surface area contributed by atoms with Crippen molar-refractivity contribution >= 4 is 32.8 Å². The predicted molar refractivity (Wildman–Crippen MR) is 132 cm³/mol.